The molecule has 3 nitrogen and oxygen atoms in total. The molecule has 16 heavy (non-hydrogen) atoms. The van der Waals surface area contributed by atoms with E-state index in [0.717, 1.165) is 5.56 Å². The fraction of sp³-hybridized carbons (Fsp3) is 0.364. The van der Waals surface area contributed by atoms with Gasteiger partial charge in [-0.3, -0.25) is 0 Å². The SMILES string of the molecule is CCN(CCc1ccc(Cl)c(Cl)c1)C(=O)O. The summed E-state index contributed by atoms with van der Waals surface area (Å²) in [5, 5.41) is 9.84. The van der Waals surface area contributed by atoms with Crippen LogP contribution in [-0.4, -0.2) is 29.2 Å². The van der Waals surface area contributed by atoms with Crippen LogP contribution in [0.5, 0.6) is 0 Å². The zero-order valence-corrected chi connectivity index (χ0v) is 10.4. The third-order valence-electron chi connectivity index (χ3n) is 2.31. The van der Waals surface area contributed by atoms with E-state index in [-0.39, 0.29) is 0 Å². The maximum absolute atomic E-state index is 10.8. The Labute approximate surface area is 105 Å². The number of halogens is 2. The number of hydrogen-bond donors (Lipinski definition) is 1. The molecule has 0 atom stereocenters. The number of carboxylic acid groups (broad SMARTS) is 1. The average Bonchev–Trinajstić information content (AvgIpc) is 2.23. The Balaban J connectivity index is 2.60. The highest BCUT2D eigenvalue weighted by atomic mass is 35.5. The molecule has 0 unspecified atom stereocenters. The third-order valence-corrected chi connectivity index (χ3v) is 3.05. The van der Waals surface area contributed by atoms with Crippen molar-refractivity contribution in [2.75, 3.05) is 13.1 Å². The number of benzene rings is 1. The lowest BCUT2D eigenvalue weighted by molar-refractivity contribution is 0.148. The molecule has 0 aliphatic rings. The van der Waals surface area contributed by atoms with Crippen LogP contribution in [0, 0.1) is 0 Å². The normalized spacial score (nSPS) is 10.2. The molecule has 0 radical (unpaired) electrons. The predicted octanol–water partition coefficient (Wildman–Crippen LogP) is 3.54. The van der Waals surface area contributed by atoms with Crippen molar-refractivity contribution in [2.24, 2.45) is 0 Å². The maximum Gasteiger partial charge on any atom is 0.407 e. The van der Waals surface area contributed by atoms with Gasteiger partial charge in [-0.05, 0) is 31.0 Å². The zero-order valence-electron chi connectivity index (χ0n) is 8.91. The van der Waals surface area contributed by atoms with Gasteiger partial charge in [0.25, 0.3) is 0 Å². The highest BCUT2D eigenvalue weighted by Gasteiger charge is 2.09. The van der Waals surface area contributed by atoms with Gasteiger partial charge in [-0.25, -0.2) is 4.79 Å². The van der Waals surface area contributed by atoms with Crippen molar-refractivity contribution >= 4 is 29.3 Å². The van der Waals surface area contributed by atoms with Crippen molar-refractivity contribution in [1.82, 2.24) is 4.90 Å². The van der Waals surface area contributed by atoms with Crippen molar-refractivity contribution in [1.29, 1.82) is 0 Å². The lowest BCUT2D eigenvalue weighted by atomic mass is 10.1. The third kappa shape index (κ3) is 3.58. The van der Waals surface area contributed by atoms with Gasteiger partial charge in [0.2, 0.25) is 0 Å². The van der Waals surface area contributed by atoms with Crippen LogP contribution in [0.15, 0.2) is 18.2 Å². The number of rotatable bonds is 4. The van der Waals surface area contributed by atoms with E-state index in [9.17, 15) is 4.79 Å². The molecule has 1 aromatic rings. The van der Waals surface area contributed by atoms with Crippen LogP contribution in [0.3, 0.4) is 0 Å². The minimum Gasteiger partial charge on any atom is -0.465 e. The van der Waals surface area contributed by atoms with Gasteiger partial charge < -0.3 is 10.0 Å². The minimum atomic E-state index is -0.900. The highest BCUT2D eigenvalue weighted by molar-refractivity contribution is 6.42. The highest BCUT2D eigenvalue weighted by Crippen LogP contribution is 2.22. The van der Waals surface area contributed by atoms with Gasteiger partial charge in [-0.15, -0.1) is 0 Å². The van der Waals surface area contributed by atoms with E-state index in [2.05, 4.69) is 0 Å². The van der Waals surface area contributed by atoms with E-state index in [0.29, 0.717) is 29.6 Å². The van der Waals surface area contributed by atoms with Gasteiger partial charge in [-0.2, -0.15) is 0 Å². The van der Waals surface area contributed by atoms with Crippen molar-refractivity contribution < 1.29 is 9.90 Å². The number of nitrogens with zero attached hydrogens (tertiary/aromatic N) is 1. The largest absolute Gasteiger partial charge is 0.465 e. The molecular weight excluding hydrogens is 249 g/mol. The second-order valence-corrected chi connectivity index (χ2v) is 4.18. The van der Waals surface area contributed by atoms with Crippen LogP contribution >= 0.6 is 23.2 Å². The first kappa shape index (κ1) is 13.1. The fourth-order valence-corrected chi connectivity index (χ4v) is 1.67. The smallest absolute Gasteiger partial charge is 0.407 e. The lowest BCUT2D eigenvalue weighted by Crippen LogP contribution is -2.31. The first-order chi connectivity index (χ1) is 7.54. The zero-order chi connectivity index (χ0) is 12.1. The molecule has 0 aliphatic carbocycles. The van der Waals surface area contributed by atoms with E-state index in [4.69, 9.17) is 28.3 Å². The summed E-state index contributed by atoms with van der Waals surface area (Å²) in [6, 6.07) is 5.33. The number of carbonyl (C=O) groups is 1. The summed E-state index contributed by atoms with van der Waals surface area (Å²) in [5.41, 5.74) is 0.981. The number of likely N-dealkylation sites (N-methyl/N-ethyl adjacent to an activating group) is 1. The van der Waals surface area contributed by atoms with Gasteiger partial charge in [0.05, 0.1) is 10.0 Å². The molecule has 0 saturated carbocycles. The summed E-state index contributed by atoms with van der Waals surface area (Å²) < 4.78 is 0. The Morgan fingerprint density at radius 2 is 2.06 bits per heavy atom. The molecule has 5 heteroatoms. The van der Waals surface area contributed by atoms with Gasteiger partial charge in [0, 0.05) is 13.1 Å². The molecule has 1 amide bonds. The first-order valence-corrected chi connectivity index (χ1v) is 5.72. The van der Waals surface area contributed by atoms with Crippen molar-refractivity contribution in [3.05, 3.63) is 33.8 Å². The fourth-order valence-electron chi connectivity index (χ4n) is 1.35. The van der Waals surface area contributed by atoms with E-state index >= 15 is 0 Å². The van der Waals surface area contributed by atoms with Crippen LogP contribution in [-0.2, 0) is 6.42 Å². The van der Waals surface area contributed by atoms with Crippen LogP contribution in [0.1, 0.15) is 12.5 Å². The summed E-state index contributed by atoms with van der Waals surface area (Å²) in [7, 11) is 0. The van der Waals surface area contributed by atoms with Gasteiger partial charge in [-0.1, -0.05) is 29.3 Å². The topological polar surface area (TPSA) is 40.5 Å². The standard InChI is InChI=1S/C11H13Cl2NO2/c1-2-14(11(15)16)6-5-8-3-4-9(12)10(13)7-8/h3-4,7H,2,5-6H2,1H3,(H,15,16). The molecule has 88 valence electrons. The molecule has 0 fully saturated rings. The number of hydrogen-bond acceptors (Lipinski definition) is 1. The second-order valence-electron chi connectivity index (χ2n) is 3.36. The van der Waals surface area contributed by atoms with E-state index in [1.807, 2.05) is 13.0 Å². The summed E-state index contributed by atoms with van der Waals surface area (Å²) in [5.74, 6) is 0. The van der Waals surface area contributed by atoms with Crippen LogP contribution < -0.4 is 0 Å². The molecule has 0 spiro atoms. The van der Waals surface area contributed by atoms with Gasteiger partial charge >= 0.3 is 6.09 Å². The number of amides is 1. The Kier molecular flexibility index (Phi) is 4.90. The van der Waals surface area contributed by atoms with Crippen molar-refractivity contribution in [3.8, 4) is 0 Å². The maximum atomic E-state index is 10.8. The predicted molar refractivity (Wildman–Crippen MR) is 65.4 cm³/mol. The van der Waals surface area contributed by atoms with Crippen LogP contribution in [0.25, 0.3) is 0 Å². The summed E-state index contributed by atoms with van der Waals surface area (Å²) >= 11 is 11.6. The Hall–Kier alpha value is -0.930. The molecule has 0 heterocycles. The lowest BCUT2D eigenvalue weighted by Gasteiger charge is -2.16. The van der Waals surface area contributed by atoms with Crippen LogP contribution in [0.2, 0.25) is 10.0 Å². The van der Waals surface area contributed by atoms with Crippen LogP contribution in [0.4, 0.5) is 4.79 Å². The molecule has 1 aromatic carbocycles. The van der Waals surface area contributed by atoms with E-state index in [1.54, 1.807) is 12.1 Å². The molecule has 1 rings (SSSR count). The monoisotopic (exact) mass is 261 g/mol. The molecule has 0 aliphatic heterocycles. The summed E-state index contributed by atoms with van der Waals surface area (Å²) in [4.78, 5) is 12.1. The van der Waals surface area contributed by atoms with Crippen molar-refractivity contribution in [3.63, 3.8) is 0 Å². The van der Waals surface area contributed by atoms with E-state index in [1.165, 1.54) is 4.90 Å². The second kappa shape index (κ2) is 5.97. The Morgan fingerprint density at radius 3 is 2.56 bits per heavy atom. The molecular formula is C11H13Cl2NO2. The summed E-state index contributed by atoms with van der Waals surface area (Å²) in [6.45, 7) is 2.75. The molecule has 0 aromatic heterocycles. The van der Waals surface area contributed by atoms with Crippen molar-refractivity contribution in [2.45, 2.75) is 13.3 Å². The van der Waals surface area contributed by atoms with Gasteiger partial charge in [0.15, 0.2) is 0 Å². The Bertz CT molecular complexity index is 382. The van der Waals surface area contributed by atoms with Gasteiger partial charge in [0.1, 0.15) is 0 Å². The Morgan fingerprint density at radius 1 is 1.38 bits per heavy atom. The average molecular weight is 262 g/mol. The van der Waals surface area contributed by atoms with E-state index < -0.39 is 6.09 Å². The molecule has 0 bridgehead atoms. The molecule has 1 N–H and O–H groups in total. The first-order valence-electron chi connectivity index (χ1n) is 4.96. The molecule has 0 saturated heterocycles. The summed E-state index contributed by atoms with van der Waals surface area (Å²) in [6.07, 6.45) is -0.264. The minimum absolute atomic E-state index is 0.462. The quantitative estimate of drug-likeness (QED) is 0.901.